The third-order valence-corrected chi connectivity index (χ3v) is 3.87. The van der Waals surface area contributed by atoms with Gasteiger partial charge < -0.3 is 14.2 Å². The van der Waals surface area contributed by atoms with Crippen molar-refractivity contribution in [2.45, 2.75) is 13.3 Å². The molecule has 0 amide bonds. The van der Waals surface area contributed by atoms with Crippen molar-refractivity contribution < 1.29 is 8.81 Å². The lowest BCUT2D eigenvalue weighted by molar-refractivity contribution is 0.479. The van der Waals surface area contributed by atoms with Crippen LogP contribution in [0.5, 0.6) is 0 Å². The van der Waals surface area contributed by atoms with Crippen molar-refractivity contribution in [3.63, 3.8) is 0 Å². The lowest BCUT2D eigenvalue weighted by atomic mass is 10.2. The summed E-state index contributed by atoms with van der Waals surface area (Å²) in [6.07, 6.45) is 0.737. The van der Waals surface area contributed by atoms with E-state index in [1.54, 1.807) is 12.1 Å². The molecule has 1 aromatic heterocycles. The molecule has 1 aromatic carbocycles. The molecule has 0 atom stereocenters. The van der Waals surface area contributed by atoms with E-state index in [0.29, 0.717) is 11.9 Å². The van der Waals surface area contributed by atoms with Crippen molar-refractivity contribution in [3.05, 3.63) is 34.9 Å². The molecule has 0 saturated carbocycles. The van der Waals surface area contributed by atoms with Crippen LogP contribution in [0.15, 0.2) is 22.6 Å². The number of aromatic nitrogens is 2. The number of piperazine rings is 1. The molecule has 1 aliphatic heterocycles. The van der Waals surface area contributed by atoms with Crippen molar-refractivity contribution in [1.82, 2.24) is 10.2 Å². The molecule has 1 aliphatic rings. The summed E-state index contributed by atoms with van der Waals surface area (Å²) in [5.41, 5.74) is 0.931. The number of nitrogens with zero attached hydrogens (tertiary/aromatic N) is 4. The number of rotatable bonds is 3. The van der Waals surface area contributed by atoms with Gasteiger partial charge in [0.05, 0.1) is 5.02 Å². The smallest absolute Gasteiger partial charge is 0.318 e. The van der Waals surface area contributed by atoms with E-state index >= 15 is 0 Å². The van der Waals surface area contributed by atoms with Crippen molar-refractivity contribution >= 4 is 23.3 Å². The lowest BCUT2D eigenvalue weighted by Crippen LogP contribution is -2.46. The van der Waals surface area contributed by atoms with E-state index in [9.17, 15) is 4.39 Å². The van der Waals surface area contributed by atoms with Gasteiger partial charge in [-0.3, -0.25) is 0 Å². The van der Waals surface area contributed by atoms with Crippen LogP contribution in [0.1, 0.15) is 12.8 Å². The Bertz CT molecular complexity index is 625. The van der Waals surface area contributed by atoms with Crippen LogP contribution in [0.4, 0.5) is 16.1 Å². The predicted octanol–water partition coefficient (Wildman–Crippen LogP) is 2.75. The summed E-state index contributed by atoms with van der Waals surface area (Å²) in [5.74, 6) is 0.259. The van der Waals surface area contributed by atoms with Crippen LogP contribution in [0.2, 0.25) is 5.02 Å². The molecule has 0 N–H and O–H groups in total. The first-order valence-electron chi connectivity index (χ1n) is 6.94. The lowest BCUT2D eigenvalue weighted by Gasteiger charge is -2.35. The number of benzene rings is 1. The quantitative estimate of drug-likeness (QED) is 0.872. The Morgan fingerprint density at radius 2 is 1.90 bits per heavy atom. The van der Waals surface area contributed by atoms with Crippen LogP contribution in [-0.2, 0) is 6.42 Å². The molecule has 2 heterocycles. The summed E-state index contributed by atoms with van der Waals surface area (Å²) in [6, 6.07) is 5.38. The molecule has 0 aliphatic carbocycles. The van der Waals surface area contributed by atoms with Gasteiger partial charge in [-0.1, -0.05) is 23.6 Å². The molecule has 3 rings (SSSR count). The minimum absolute atomic E-state index is 0.152. The Kier molecular flexibility index (Phi) is 3.96. The number of hydrogen-bond donors (Lipinski definition) is 0. The van der Waals surface area contributed by atoms with Crippen LogP contribution in [0.3, 0.4) is 0 Å². The van der Waals surface area contributed by atoms with Gasteiger partial charge in [-0.05, 0) is 18.2 Å². The van der Waals surface area contributed by atoms with Crippen LogP contribution in [-0.4, -0.2) is 36.4 Å². The first kappa shape index (κ1) is 14.1. The van der Waals surface area contributed by atoms with E-state index in [4.69, 9.17) is 16.0 Å². The molecule has 1 fully saturated rings. The van der Waals surface area contributed by atoms with Gasteiger partial charge in [0, 0.05) is 38.3 Å². The molecular weight excluding hydrogens is 295 g/mol. The summed E-state index contributed by atoms with van der Waals surface area (Å²) in [5, 5.41) is 8.18. The highest BCUT2D eigenvalue weighted by molar-refractivity contribution is 6.31. The third kappa shape index (κ3) is 2.95. The molecular formula is C14H16ClFN4O. The van der Waals surface area contributed by atoms with E-state index in [0.717, 1.165) is 38.3 Å². The monoisotopic (exact) mass is 310 g/mol. The maximum atomic E-state index is 13.2. The van der Waals surface area contributed by atoms with Crippen LogP contribution >= 0.6 is 11.6 Å². The van der Waals surface area contributed by atoms with Crippen LogP contribution < -0.4 is 9.80 Å². The van der Waals surface area contributed by atoms with Gasteiger partial charge in [0.1, 0.15) is 5.82 Å². The average Bonchev–Trinajstić information content (AvgIpc) is 2.99. The third-order valence-electron chi connectivity index (χ3n) is 3.58. The van der Waals surface area contributed by atoms with Crippen molar-refractivity contribution in [3.8, 4) is 0 Å². The summed E-state index contributed by atoms with van der Waals surface area (Å²) in [4.78, 5) is 4.23. The second-order valence-corrected chi connectivity index (χ2v) is 5.31. The Labute approximate surface area is 127 Å². The fourth-order valence-corrected chi connectivity index (χ4v) is 2.53. The normalized spacial score (nSPS) is 15.6. The number of halogens is 2. The van der Waals surface area contributed by atoms with E-state index < -0.39 is 5.82 Å². The maximum absolute atomic E-state index is 13.2. The van der Waals surface area contributed by atoms with Gasteiger partial charge >= 0.3 is 6.01 Å². The van der Waals surface area contributed by atoms with Crippen molar-refractivity contribution in [1.29, 1.82) is 0 Å². The summed E-state index contributed by atoms with van der Waals surface area (Å²) in [6.45, 7) is 5.13. The molecule has 0 spiro atoms. The van der Waals surface area contributed by atoms with Gasteiger partial charge in [0.15, 0.2) is 0 Å². The highest BCUT2D eigenvalue weighted by Crippen LogP contribution is 2.24. The summed E-state index contributed by atoms with van der Waals surface area (Å²) < 4.78 is 18.8. The van der Waals surface area contributed by atoms with Gasteiger partial charge in [-0.15, -0.1) is 5.10 Å². The molecule has 0 unspecified atom stereocenters. The molecule has 0 radical (unpaired) electrons. The van der Waals surface area contributed by atoms with Gasteiger partial charge in [0.2, 0.25) is 5.89 Å². The zero-order valence-electron chi connectivity index (χ0n) is 11.7. The minimum Gasteiger partial charge on any atom is -0.408 e. The van der Waals surface area contributed by atoms with Crippen LogP contribution in [0, 0.1) is 5.82 Å². The second kappa shape index (κ2) is 5.89. The number of hydrogen-bond acceptors (Lipinski definition) is 5. The predicted molar refractivity (Wildman–Crippen MR) is 79.5 cm³/mol. The zero-order valence-corrected chi connectivity index (χ0v) is 12.5. The summed E-state index contributed by atoms with van der Waals surface area (Å²) >= 11 is 5.83. The van der Waals surface area contributed by atoms with Crippen LogP contribution in [0.25, 0.3) is 0 Å². The number of anilines is 2. The molecule has 5 nitrogen and oxygen atoms in total. The van der Waals surface area contributed by atoms with E-state index in [1.165, 1.54) is 6.07 Å². The molecule has 21 heavy (non-hydrogen) atoms. The van der Waals surface area contributed by atoms with E-state index in [1.807, 2.05) is 6.92 Å². The average molecular weight is 311 g/mol. The Morgan fingerprint density at radius 1 is 1.19 bits per heavy atom. The zero-order chi connectivity index (χ0) is 14.8. The maximum Gasteiger partial charge on any atom is 0.318 e. The molecule has 1 saturated heterocycles. The highest BCUT2D eigenvalue weighted by atomic mass is 35.5. The first-order chi connectivity index (χ1) is 10.2. The standard InChI is InChI=1S/C14H16ClFN4O/c1-2-13-17-18-14(21-13)20-7-5-19(6-8-20)10-3-4-12(16)11(15)9-10/h3-4,9H,2,5-8H2,1H3. The van der Waals surface area contributed by atoms with Gasteiger partial charge in [0.25, 0.3) is 0 Å². The van der Waals surface area contributed by atoms with E-state index in [-0.39, 0.29) is 5.02 Å². The molecule has 7 heteroatoms. The second-order valence-electron chi connectivity index (χ2n) is 4.90. The Hall–Kier alpha value is -1.82. The Balaban J connectivity index is 1.65. The largest absolute Gasteiger partial charge is 0.408 e. The van der Waals surface area contributed by atoms with Crippen molar-refractivity contribution in [2.24, 2.45) is 0 Å². The van der Waals surface area contributed by atoms with Gasteiger partial charge in [-0.25, -0.2) is 4.39 Å². The SMILES string of the molecule is CCc1nnc(N2CCN(c3ccc(F)c(Cl)c3)CC2)o1. The number of aryl methyl sites for hydroxylation is 1. The fraction of sp³-hybridized carbons (Fsp3) is 0.429. The Morgan fingerprint density at radius 3 is 2.52 bits per heavy atom. The van der Waals surface area contributed by atoms with Crippen molar-refractivity contribution in [2.75, 3.05) is 36.0 Å². The minimum atomic E-state index is -0.392. The topological polar surface area (TPSA) is 45.4 Å². The summed E-state index contributed by atoms with van der Waals surface area (Å²) in [7, 11) is 0. The first-order valence-corrected chi connectivity index (χ1v) is 7.32. The highest BCUT2D eigenvalue weighted by Gasteiger charge is 2.21. The molecule has 112 valence electrons. The molecule has 0 bridgehead atoms. The molecule has 2 aromatic rings. The van der Waals surface area contributed by atoms with Gasteiger partial charge in [-0.2, -0.15) is 0 Å². The fourth-order valence-electron chi connectivity index (χ4n) is 2.35. The van der Waals surface area contributed by atoms with E-state index in [2.05, 4.69) is 20.0 Å².